The molecule has 0 fully saturated rings. The molecule has 1 N–H and O–H groups in total. The number of amides is 1. The third-order valence-electron chi connectivity index (χ3n) is 4.00. The molecule has 0 unspecified atom stereocenters. The van der Waals surface area contributed by atoms with E-state index in [1.165, 1.54) is 6.20 Å². The number of nitrogens with one attached hydrogen (secondary N) is 1. The molecule has 4 aromatic rings. The molecule has 27 heavy (non-hydrogen) atoms. The highest BCUT2D eigenvalue weighted by Crippen LogP contribution is 2.25. The molecule has 2 aromatic heterocycles. The average molecular weight is 356 g/mol. The van der Waals surface area contributed by atoms with Crippen molar-refractivity contribution < 1.29 is 9.21 Å². The van der Waals surface area contributed by atoms with E-state index in [1.807, 2.05) is 43.3 Å². The van der Waals surface area contributed by atoms with Gasteiger partial charge in [-0.25, -0.2) is 0 Å². The number of rotatable bonds is 4. The second-order valence-corrected chi connectivity index (χ2v) is 6.06. The lowest BCUT2D eigenvalue weighted by molar-refractivity contribution is 0.102. The Morgan fingerprint density at radius 2 is 1.70 bits per heavy atom. The Kier molecular flexibility index (Phi) is 4.45. The predicted molar refractivity (Wildman–Crippen MR) is 102 cm³/mol. The van der Waals surface area contributed by atoms with E-state index in [0.717, 1.165) is 16.7 Å². The van der Waals surface area contributed by atoms with E-state index in [2.05, 4.69) is 20.5 Å². The van der Waals surface area contributed by atoms with Crippen LogP contribution in [0.15, 0.2) is 77.5 Å². The number of anilines is 1. The molecule has 0 aliphatic rings. The van der Waals surface area contributed by atoms with Gasteiger partial charge in [-0.15, -0.1) is 10.2 Å². The number of hydrogen-bond acceptors (Lipinski definition) is 5. The van der Waals surface area contributed by atoms with Crippen LogP contribution in [0.1, 0.15) is 15.9 Å². The summed E-state index contributed by atoms with van der Waals surface area (Å²) in [4.78, 5) is 16.1. The van der Waals surface area contributed by atoms with Crippen LogP contribution in [-0.4, -0.2) is 21.1 Å². The van der Waals surface area contributed by atoms with Gasteiger partial charge in [0, 0.05) is 29.2 Å². The van der Waals surface area contributed by atoms with Crippen molar-refractivity contribution in [2.45, 2.75) is 6.92 Å². The van der Waals surface area contributed by atoms with Gasteiger partial charge >= 0.3 is 0 Å². The first kappa shape index (κ1) is 16.7. The van der Waals surface area contributed by atoms with Crippen molar-refractivity contribution in [3.8, 4) is 22.9 Å². The summed E-state index contributed by atoms with van der Waals surface area (Å²) in [5.41, 5.74) is 3.96. The summed E-state index contributed by atoms with van der Waals surface area (Å²) in [6, 6.07) is 18.6. The standard InChI is InChI=1S/C21H16N4O2/c1-14-4-2-5-16(12-14)21-25-24-20(27-21)15-7-9-18(10-8-15)23-19(26)17-6-3-11-22-13-17/h2-13H,1H3,(H,23,26). The van der Waals surface area contributed by atoms with Gasteiger partial charge in [-0.3, -0.25) is 9.78 Å². The third-order valence-corrected chi connectivity index (χ3v) is 4.00. The van der Waals surface area contributed by atoms with Crippen molar-refractivity contribution in [3.05, 3.63) is 84.2 Å². The molecular weight excluding hydrogens is 340 g/mol. The molecule has 132 valence electrons. The second kappa shape index (κ2) is 7.21. The fraction of sp³-hybridized carbons (Fsp3) is 0.0476. The molecule has 1 amide bonds. The minimum Gasteiger partial charge on any atom is -0.416 e. The molecule has 0 bridgehead atoms. The van der Waals surface area contributed by atoms with Crippen molar-refractivity contribution in [1.82, 2.24) is 15.2 Å². The molecule has 0 radical (unpaired) electrons. The number of aryl methyl sites for hydroxylation is 1. The van der Waals surface area contributed by atoms with E-state index in [9.17, 15) is 4.79 Å². The molecule has 0 saturated heterocycles. The lowest BCUT2D eigenvalue weighted by atomic mass is 10.1. The number of carbonyl (C=O) groups excluding carboxylic acids is 1. The zero-order chi connectivity index (χ0) is 18.6. The van der Waals surface area contributed by atoms with Crippen LogP contribution in [0.2, 0.25) is 0 Å². The Hall–Kier alpha value is -3.80. The normalized spacial score (nSPS) is 10.6. The fourth-order valence-corrected chi connectivity index (χ4v) is 2.63. The van der Waals surface area contributed by atoms with Crippen LogP contribution in [0, 0.1) is 6.92 Å². The van der Waals surface area contributed by atoms with Crippen LogP contribution in [0.3, 0.4) is 0 Å². The molecule has 6 heteroatoms. The van der Waals surface area contributed by atoms with Crippen LogP contribution in [0.4, 0.5) is 5.69 Å². The Balaban J connectivity index is 1.50. The van der Waals surface area contributed by atoms with Gasteiger partial charge < -0.3 is 9.73 Å². The Bertz CT molecular complexity index is 1070. The fourth-order valence-electron chi connectivity index (χ4n) is 2.63. The highest BCUT2D eigenvalue weighted by atomic mass is 16.4. The Labute approximate surface area is 155 Å². The maximum absolute atomic E-state index is 12.2. The summed E-state index contributed by atoms with van der Waals surface area (Å²) in [6.45, 7) is 2.01. The quantitative estimate of drug-likeness (QED) is 0.587. The minimum atomic E-state index is -0.213. The van der Waals surface area contributed by atoms with Gasteiger partial charge in [0.15, 0.2) is 0 Å². The number of aromatic nitrogens is 3. The summed E-state index contributed by atoms with van der Waals surface area (Å²) >= 11 is 0. The smallest absolute Gasteiger partial charge is 0.257 e. The molecule has 6 nitrogen and oxygen atoms in total. The molecule has 0 aliphatic carbocycles. The van der Waals surface area contributed by atoms with Gasteiger partial charge in [-0.1, -0.05) is 17.7 Å². The van der Waals surface area contributed by atoms with Gasteiger partial charge in [0.1, 0.15) is 0 Å². The van der Waals surface area contributed by atoms with Gasteiger partial charge in [-0.2, -0.15) is 0 Å². The van der Waals surface area contributed by atoms with Gasteiger partial charge in [-0.05, 0) is 55.5 Å². The van der Waals surface area contributed by atoms with E-state index in [4.69, 9.17) is 4.42 Å². The van der Waals surface area contributed by atoms with E-state index in [1.54, 1.807) is 30.5 Å². The van der Waals surface area contributed by atoms with E-state index in [0.29, 0.717) is 23.0 Å². The number of nitrogens with zero attached hydrogens (tertiary/aromatic N) is 3. The summed E-state index contributed by atoms with van der Waals surface area (Å²) < 4.78 is 5.78. The first-order valence-corrected chi connectivity index (χ1v) is 8.41. The Morgan fingerprint density at radius 3 is 2.41 bits per heavy atom. The first-order chi connectivity index (χ1) is 13.2. The van der Waals surface area contributed by atoms with Gasteiger partial charge in [0.05, 0.1) is 5.56 Å². The highest BCUT2D eigenvalue weighted by molar-refractivity contribution is 6.04. The van der Waals surface area contributed by atoms with Crippen molar-refractivity contribution in [2.24, 2.45) is 0 Å². The largest absolute Gasteiger partial charge is 0.416 e. The molecular formula is C21H16N4O2. The first-order valence-electron chi connectivity index (χ1n) is 8.41. The molecule has 2 aromatic carbocycles. The SMILES string of the molecule is Cc1cccc(-c2nnc(-c3ccc(NC(=O)c4cccnc4)cc3)o2)c1. The van der Waals surface area contributed by atoms with Crippen molar-refractivity contribution in [3.63, 3.8) is 0 Å². The number of benzene rings is 2. The van der Waals surface area contributed by atoms with Crippen molar-refractivity contribution >= 4 is 11.6 Å². The molecule has 2 heterocycles. The lowest BCUT2D eigenvalue weighted by Crippen LogP contribution is -2.11. The van der Waals surface area contributed by atoms with Gasteiger partial charge in [0.25, 0.3) is 5.91 Å². The molecule has 0 spiro atoms. The predicted octanol–water partition coefficient (Wildman–Crippen LogP) is 4.36. The van der Waals surface area contributed by atoms with Crippen LogP contribution in [0.25, 0.3) is 22.9 Å². The maximum Gasteiger partial charge on any atom is 0.257 e. The highest BCUT2D eigenvalue weighted by Gasteiger charge is 2.11. The van der Waals surface area contributed by atoms with Crippen LogP contribution < -0.4 is 5.32 Å². The summed E-state index contributed by atoms with van der Waals surface area (Å²) in [6.07, 6.45) is 3.15. The Morgan fingerprint density at radius 1 is 0.926 bits per heavy atom. The summed E-state index contributed by atoms with van der Waals surface area (Å²) in [5.74, 6) is 0.690. The molecule has 0 aliphatic heterocycles. The lowest BCUT2D eigenvalue weighted by Gasteiger charge is -2.05. The van der Waals surface area contributed by atoms with E-state index < -0.39 is 0 Å². The van der Waals surface area contributed by atoms with Crippen molar-refractivity contribution in [2.75, 3.05) is 5.32 Å². The minimum absolute atomic E-state index is 0.213. The second-order valence-electron chi connectivity index (χ2n) is 6.06. The maximum atomic E-state index is 12.2. The zero-order valence-corrected chi connectivity index (χ0v) is 14.6. The number of pyridine rings is 1. The molecule has 0 saturated carbocycles. The van der Waals surface area contributed by atoms with Gasteiger partial charge in [0.2, 0.25) is 11.8 Å². The van der Waals surface area contributed by atoms with Crippen molar-refractivity contribution in [1.29, 1.82) is 0 Å². The van der Waals surface area contributed by atoms with Crippen LogP contribution >= 0.6 is 0 Å². The van der Waals surface area contributed by atoms with Crippen LogP contribution in [-0.2, 0) is 0 Å². The monoisotopic (exact) mass is 356 g/mol. The third kappa shape index (κ3) is 3.74. The average Bonchev–Trinajstić information content (AvgIpc) is 3.19. The molecule has 0 atom stereocenters. The topological polar surface area (TPSA) is 80.9 Å². The number of hydrogen-bond donors (Lipinski definition) is 1. The van der Waals surface area contributed by atoms with E-state index >= 15 is 0 Å². The summed E-state index contributed by atoms with van der Waals surface area (Å²) in [7, 11) is 0. The molecule has 4 rings (SSSR count). The number of carbonyl (C=O) groups is 1. The van der Waals surface area contributed by atoms with Crippen LogP contribution in [0.5, 0.6) is 0 Å². The summed E-state index contributed by atoms with van der Waals surface area (Å²) in [5, 5.41) is 11.1. The van der Waals surface area contributed by atoms with E-state index in [-0.39, 0.29) is 5.91 Å². The zero-order valence-electron chi connectivity index (χ0n) is 14.6.